The van der Waals surface area contributed by atoms with Crippen LogP contribution in [0.1, 0.15) is 34.0 Å². The Balaban J connectivity index is 1.87. The van der Waals surface area contributed by atoms with Gasteiger partial charge in [0.2, 0.25) is 0 Å². The van der Waals surface area contributed by atoms with Crippen LogP contribution in [0.5, 0.6) is 17.2 Å². The highest BCUT2D eigenvalue weighted by Crippen LogP contribution is 2.38. The zero-order valence-electron chi connectivity index (χ0n) is 18.2. The molecule has 0 fully saturated rings. The Labute approximate surface area is 197 Å². The maximum Gasteiger partial charge on any atom is 0.335 e. The predicted octanol–water partition coefficient (Wildman–Crippen LogP) is 6.09. The quantitative estimate of drug-likeness (QED) is 0.305. The summed E-state index contributed by atoms with van der Waals surface area (Å²) < 4.78 is 16.8. The molecule has 0 atom stereocenters. The topological polar surface area (TPSA) is 88.8 Å². The molecule has 1 N–H and O–H groups in total. The van der Waals surface area contributed by atoms with Crippen molar-refractivity contribution in [3.05, 3.63) is 87.9 Å². The van der Waals surface area contributed by atoms with Crippen molar-refractivity contribution in [2.45, 2.75) is 13.5 Å². The fraction of sp³-hybridized carbons (Fsp3) is 0.154. The molecule has 0 heterocycles. The third kappa shape index (κ3) is 6.06. The van der Waals surface area contributed by atoms with Crippen LogP contribution in [0.4, 0.5) is 0 Å². The molecule has 0 radical (unpaired) electrons. The number of carboxylic acids is 1. The Morgan fingerprint density at radius 2 is 1.73 bits per heavy atom. The van der Waals surface area contributed by atoms with Gasteiger partial charge in [0, 0.05) is 0 Å². The van der Waals surface area contributed by atoms with Gasteiger partial charge in [0.15, 0.2) is 11.5 Å². The zero-order chi connectivity index (χ0) is 23.8. The van der Waals surface area contributed by atoms with Crippen LogP contribution in [-0.2, 0) is 6.61 Å². The second-order valence-corrected chi connectivity index (χ2v) is 7.36. The van der Waals surface area contributed by atoms with Gasteiger partial charge in [0.25, 0.3) is 0 Å². The Morgan fingerprint density at radius 1 is 1.06 bits per heavy atom. The van der Waals surface area contributed by atoms with Crippen molar-refractivity contribution in [3.63, 3.8) is 0 Å². The average Bonchev–Trinajstić information content (AvgIpc) is 2.82. The van der Waals surface area contributed by atoms with Crippen molar-refractivity contribution < 1.29 is 24.1 Å². The first-order chi connectivity index (χ1) is 15.9. The summed E-state index contributed by atoms with van der Waals surface area (Å²) in [7, 11) is 1.59. The molecule has 168 valence electrons. The Kier molecular flexibility index (Phi) is 7.96. The first kappa shape index (κ1) is 23.7. The van der Waals surface area contributed by atoms with E-state index >= 15 is 0 Å². The highest BCUT2D eigenvalue weighted by atomic mass is 35.5. The van der Waals surface area contributed by atoms with Crippen LogP contribution in [-0.4, -0.2) is 24.8 Å². The van der Waals surface area contributed by atoms with E-state index < -0.39 is 5.97 Å². The first-order valence-corrected chi connectivity index (χ1v) is 10.5. The minimum Gasteiger partial charge on any atom is -0.497 e. The number of carboxylic acid groups (broad SMARTS) is 1. The number of methoxy groups -OCH3 is 1. The van der Waals surface area contributed by atoms with Crippen LogP contribution >= 0.6 is 11.6 Å². The largest absolute Gasteiger partial charge is 0.497 e. The minimum absolute atomic E-state index is 0.185. The summed E-state index contributed by atoms with van der Waals surface area (Å²) in [5.74, 6) is 0.544. The molecule has 3 aromatic carbocycles. The molecule has 0 spiro atoms. The van der Waals surface area contributed by atoms with Gasteiger partial charge in [-0.3, -0.25) is 0 Å². The third-order valence-corrected chi connectivity index (χ3v) is 5.03. The lowest BCUT2D eigenvalue weighted by Gasteiger charge is -2.15. The maximum atomic E-state index is 11.0. The molecule has 0 saturated heterocycles. The molecule has 6 nitrogen and oxygen atoms in total. The van der Waals surface area contributed by atoms with E-state index in [2.05, 4.69) is 6.07 Å². The van der Waals surface area contributed by atoms with Crippen LogP contribution in [0.15, 0.2) is 60.7 Å². The van der Waals surface area contributed by atoms with Crippen molar-refractivity contribution in [3.8, 4) is 23.3 Å². The van der Waals surface area contributed by atoms with Gasteiger partial charge in [-0.2, -0.15) is 5.26 Å². The monoisotopic (exact) mass is 463 g/mol. The molecule has 0 amide bonds. The summed E-state index contributed by atoms with van der Waals surface area (Å²) in [5, 5.41) is 19.0. The number of rotatable bonds is 9. The number of benzene rings is 3. The van der Waals surface area contributed by atoms with E-state index in [0.717, 1.165) is 11.1 Å². The lowest BCUT2D eigenvalue weighted by atomic mass is 10.0. The third-order valence-electron chi connectivity index (χ3n) is 4.75. The molecule has 0 saturated carbocycles. The number of aromatic carboxylic acids is 1. The molecule has 0 aromatic heterocycles. The first-order valence-electron chi connectivity index (χ1n) is 10.1. The number of hydrogen-bond donors (Lipinski definition) is 1. The summed E-state index contributed by atoms with van der Waals surface area (Å²) in [6.45, 7) is 2.43. The Morgan fingerprint density at radius 3 is 2.30 bits per heavy atom. The van der Waals surface area contributed by atoms with E-state index in [1.165, 1.54) is 12.1 Å². The van der Waals surface area contributed by atoms with Gasteiger partial charge in [-0.1, -0.05) is 23.7 Å². The van der Waals surface area contributed by atoms with Gasteiger partial charge in [-0.05, 0) is 78.2 Å². The van der Waals surface area contributed by atoms with E-state index in [4.69, 9.17) is 30.9 Å². The van der Waals surface area contributed by atoms with Crippen molar-refractivity contribution in [2.75, 3.05) is 13.7 Å². The molecule has 0 aliphatic carbocycles. The molecule has 7 heteroatoms. The lowest BCUT2D eigenvalue weighted by molar-refractivity contribution is 0.0697. The van der Waals surface area contributed by atoms with E-state index in [-0.39, 0.29) is 12.2 Å². The predicted molar refractivity (Wildman–Crippen MR) is 127 cm³/mol. The van der Waals surface area contributed by atoms with Crippen molar-refractivity contribution in [1.29, 1.82) is 5.26 Å². The second-order valence-electron chi connectivity index (χ2n) is 6.95. The van der Waals surface area contributed by atoms with E-state index in [9.17, 15) is 10.1 Å². The highest BCUT2D eigenvalue weighted by molar-refractivity contribution is 6.32. The molecule has 0 aliphatic heterocycles. The van der Waals surface area contributed by atoms with E-state index in [1.54, 1.807) is 49.6 Å². The molecule has 3 aromatic rings. The standard InChI is InChI=1S/C26H22ClNO5/c1-3-32-24-14-18(12-21(15-28)19-8-10-22(31-2)11-9-19)13-23(27)25(24)33-16-17-4-6-20(7-5-17)26(29)30/h4-14H,3,16H2,1-2H3,(H,29,30)/b21-12+. The van der Waals surface area contributed by atoms with Gasteiger partial charge in [0.1, 0.15) is 12.4 Å². The van der Waals surface area contributed by atoms with Crippen LogP contribution in [0.25, 0.3) is 11.6 Å². The molecular formula is C26H22ClNO5. The summed E-state index contributed by atoms with van der Waals surface area (Å²) in [4.78, 5) is 11.0. The maximum absolute atomic E-state index is 11.0. The molecule has 0 aliphatic rings. The molecular weight excluding hydrogens is 442 g/mol. The normalized spacial score (nSPS) is 10.9. The van der Waals surface area contributed by atoms with Crippen molar-refractivity contribution >= 4 is 29.2 Å². The van der Waals surface area contributed by atoms with Crippen LogP contribution in [0, 0.1) is 11.3 Å². The molecule has 3 rings (SSSR count). The SMILES string of the molecule is CCOc1cc(/C=C(\C#N)c2ccc(OC)cc2)cc(Cl)c1OCc1ccc(C(=O)O)cc1. The fourth-order valence-electron chi connectivity index (χ4n) is 3.09. The van der Waals surface area contributed by atoms with Crippen molar-refractivity contribution in [2.24, 2.45) is 0 Å². The minimum atomic E-state index is -0.987. The summed E-state index contributed by atoms with van der Waals surface area (Å²) >= 11 is 6.50. The summed E-state index contributed by atoms with van der Waals surface area (Å²) in [6.07, 6.45) is 1.73. The van der Waals surface area contributed by atoms with Gasteiger partial charge in [0.05, 0.1) is 35.9 Å². The average molecular weight is 464 g/mol. The molecule has 0 bridgehead atoms. The number of allylic oxidation sites excluding steroid dienone is 1. The van der Waals surface area contributed by atoms with E-state index in [0.29, 0.717) is 40.0 Å². The highest BCUT2D eigenvalue weighted by Gasteiger charge is 2.14. The van der Waals surface area contributed by atoms with Gasteiger partial charge < -0.3 is 19.3 Å². The van der Waals surface area contributed by atoms with Crippen LogP contribution in [0.3, 0.4) is 0 Å². The summed E-state index contributed by atoms with van der Waals surface area (Å²) in [5.41, 5.74) is 2.89. The van der Waals surface area contributed by atoms with Gasteiger partial charge in [-0.25, -0.2) is 4.79 Å². The second kappa shape index (κ2) is 11.1. The number of carbonyl (C=O) groups is 1. The zero-order valence-corrected chi connectivity index (χ0v) is 18.9. The number of ether oxygens (including phenoxy) is 3. The van der Waals surface area contributed by atoms with Crippen molar-refractivity contribution in [1.82, 2.24) is 0 Å². The number of halogens is 1. The van der Waals surface area contributed by atoms with E-state index in [1.807, 2.05) is 19.1 Å². The van der Waals surface area contributed by atoms with Crippen LogP contribution < -0.4 is 14.2 Å². The number of nitrogens with zero attached hydrogens (tertiary/aromatic N) is 1. The van der Waals surface area contributed by atoms with Crippen LogP contribution in [0.2, 0.25) is 5.02 Å². The fourth-order valence-corrected chi connectivity index (χ4v) is 3.36. The number of hydrogen-bond acceptors (Lipinski definition) is 5. The Bertz CT molecular complexity index is 1200. The number of nitriles is 1. The van der Waals surface area contributed by atoms with Gasteiger partial charge >= 0.3 is 5.97 Å². The Hall–Kier alpha value is -3.95. The lowest BCUT2D eigenvalue weighted by Crippen LogP contribution is -2.02. The summed E-state index contributed by atoms with van der Waals surface area (Å²) in [6, 6.07) is 19.3. The molecule has 33 heavy (non-hydrogen) atoms. The smallest absolute Gasteiger partial charge is 0.335 e. The molecule has 0 unspecified atom stereocenters. The van der Waals surface area contributed by atoms with Gasteiger partial charge in [-0.15, -0.1) is 0 Å².